The van der Waals surface area contributed by atoms with Crippen molar-refractivity contribution in [1.82, 2.24) is 14.8 Å². The molecule has 0 bridgehead atoms. The first-order valence-electron chi connectivity index (χ1n) is 9.86. The lowest BCUT2D eigenvalue weighted by Crippen LogP contribution is -2.47. The van der Waals surface area contributed by atoms with E-state index in [-0.39, 0.29) is 11.8 Å². The number of hydrogen-bond acceptors (Lipinski definition) is 3. The normalized spacial score (nSPS) is 20.6. The van der Waals surface area contributed by atoms with Gasteiger partial charge in [-0.2, -0.15) is 0 Å². The van der Waals surface area contributed by atoms with Gasteiger partial charge in [0.2, 0.25) is 5.91 Å². The summed E-state index contributed by atoms with van der Waals surface area (Å²) in [6.07, 6.45) is 5.41. The van der Waals surface area contributed by atoms with Crippen molar-refractivity contribution in [3.8, 4) is 0 Å². The highest BCUT2D eigenvalue weighted by molar-refractivity contribution is 5.99. The molecule has 0 saturated heterocycles. The maximum absolute atomic E-state index is 12.9. The molecule has 0 radical (unpaired) electrons. The molecule has 0 saturated carbocycles. The Morgan fingerprint density at radius 1 is 1.29 bits per heavy atom. The number of nitrogens with one attached hydrogen (secondary N) is 1. The molecule has 1 aromatic carbocycles. The number of hydrogen-bond donors (Lipinski definition) is 2. The molecular weight excluding hydrogens is 354 g/mol. The average Bonchev–Trinajstić information content (AvgIpc) is 3.07. The van der Waals surface area contributed by atoms with Crippen molar-refractivity contribution < 1.29 is 14.7 Å². The van der Waals surface area contributed by atoms with Gasteiger partial charge in [-0.1, -0.05) is 18.2 Å². The Morgan fingerprint density at radius 2 is 1.96 bits per heavy atom. The van der Waals surface area contributed by atoms with Crippen LogP contribution in [-0.2, 0) is 16.0 Å². The minimum absolute atomic E-state index is 0.0445. The lowest BCUT2D eigenvalue weighted by Gasteiger charge is -2.40. The highest BCUT2D eigenvalue weighted by atomic mass is 16.4. The van der Waals surface area contributed by atoms with Crippen molar-refractivity contribution >= 4 is 28.4 Å². The number of aromatic amines is 1. The first-order chi connectivity index (χ1) is 13.4. The van der Waals surface area contributed by atoms with E-state index in [4.69, 9.17) is 9.90 Å². The Labute approximate surface area is 165 Å². The zero-order valence-corrected chi connectivity index (χ0v) is 17.0. The number of carbonyl (C=O) groups excluding carboxylic acids is 1. The van der Waals surface area contributed by atoms with Gasteiger partial charge in [-0.3, -0.25) is 14.5 Å². The van der Waals surface area contributed by atoms with Gasteiger partial charge >= 0.3 is 0 Å². The summed E-state index contributed by atoms with van der Waals surface area (Å²) in [6, 6.07) is 6.82. The van der Waals surface area contributed by atoms with E-state index in [0.717, 1.165) is 33.0 Å². The number of carbonyl (C=O) groups is 2. The Morgan fingerprint density at radius 3 is 2.61 bits per heavy atom. The number of likely N-dealkylation sites (N-methyl/N-ethyl adjacent to an activating group) is 1. The van der Waals surface area contributed by atoms with Gasteiger partial charge in [0.15, 0.2) is 0 Å². The Balaban J connectivity index is 0.000000516. The van der Waals surface area contributed by atoms with Crippen LogP contribution in [0.15, 0.2) is 30.5 Å². The van der Waals surface area contributed by atoms with Crippen molar-refractivity contribution in [2.45, 2.75) is 33.2 Å². The number of benzene rings is 1. The predicted molar refractivity (Wildman–Crippen MR) is 111 cm³/mol. The third kappa shape index (κ3) is 3.69. The number of aliphatic carboxylic acids is 1. The molecule has 6 heteroatoms. The summed E-state index contributed by atoms with van der Waals surface area (Å²) in [6.45, 7) is 7.55. The number of H-pyrrole nitrogens is 1. The van der Waals surface area contributed by atoms with Crippen LogP contribution in [0.5, 0.6) is 0 Å². The van der Waals surface area contributed by atoms with Crippen LogP contribution in [0.25, 0.3) is 16.5 Å². The average molecular weight is 383 g/mol. The fourth-order valence-corrected chi connectivity index (χ4v) is 4.38. The summed E-state index contributed by atoms with van der Waals surface area (Å²) < 4.78 is 0. The quantitative estimate of drug-likeness (QED) is 0.854. The molecule has 0 spiro atoms. The topological polar surface area (TPSA) is 76.6 Å². The van der Waals surface area contributed by atoms with Crippen LogP contribution >= 0.6 is 0 Å². The third-order valence-electron chi connectivity index (χ3n) is 5.66. The molecule has 150 valence electrons. The highest BCUT2D eigenvalue weighted by Crippen LogP contribution is 2.40. The zero-order chi connectivity index (χ0) is 20.4. The molecule has 2 aromatic rings. The van der Waals surface area contributed by atoms with E-state index in [1.54, 1.807) is 0 Å². The van der Waals surface area contributed by atoms with E-state index in [9.17, 15) is 4.79 Å². The van der Waals surface area contributed by atoms with Crippen LogP contribution < -0.4 is 0 Å². The molecule has 6 nitrogen and oxygen atoms in total. The van der Waals surface area contributed by atoms with Crippen LogP contribution in [0.2, 0.25) is 0 Å². The smallest absolute Gasteiger partial charge is 0.300 e. The second kappa shape index (κ2) is 8.19. The second-order valence-electron chi connectivity index (χ2n) is 7.46. The van der Waals surface area contributed by atoms with E-state index in [0.29, 0.717) is 6.04 Å². The molecule has 1 aromatic heterocycles. The molecule has 1 amide bonds. The Kier molecular flexibility index (Phi) is 5.89. The fraction of sp³-hybridized carbons (Fsp3) is 0.455. The number of fused-ring (bicyclic) bond motifs is 2. The van der Waals surface area contributed by atoms with E-state index < -0.39 is 5.97 Å². The summed E-state index contributed by atoms with van der Waals surface area (Å²) in [7, 11) is 2.15. The van der Waals surface area contributed by atoms with Crippen molar-refractivity contribution in [3.05, 3.63) is 41.6 Å². The summed E-state index contributed by atoms with van der Waals surface area (Å²) in [5.74, 6) is -0.623. The maximum atomic E-state index is 12.9. The number of carboxylic acids is 1. The highest BCUT2D eigenvalue weighted by Gasteiger charge is 2.36. The summed E-state index contributed by atoms with van der Waals surface area (Å²) in [5, 5.41) is 8.75. The molecule has 1 aliphatic heterocycles. The molecule has 2 N–H and O–H groups in total. The van der Waals surface area contributed by atoms with Crippen molar-refractivity contribution in [1.29, 1.82) is 0 Å². The third-order valence-corrected chi connectivity index (χ3v) is 5.66. The zero-order valence-electron chi connectivity index (χ0n) is 17.0. The lowest BCUT2D eigenvalue weighted by molar-refractivity contribution is -0.135. The predicted octanol–water partition coefficient (Wildman–Crippen LogP) is 3.00. The van der Waals surface area contributed by atoms with Gasteiger partial charge in [-0.15, -0.1) is 0 Å². The summed E-state index contributed by atoms with van der Waals surface area (Å²) >= 11 is 0. The number of aromatic nitrogens is 1. The van der Waals surface area contributed by atoms with Crippen molar-refractivity contribution in [2.24, 2.45) is 5.92 Å². The number of rotatable bonds is 3. The van der Waals surface area contributed by atoms with Gasteiger partial charge in [0.25, 0.3) is 5.97 Å². The lowest BCUT2D eigenvalue weighted by atomic mass is 9.79. The van der Waals surface area contributed by atoms with Crippen LogP contribution in [0.3, 0.4) is 0 Å². The SMILES string of the molecule is CC(=O)O.CCN(CC)C(=O)[C@@H]1C=C2c3cccc4[nH]cc(c34)C[C@H]2N(C)C1. The molecule has 2 atom stereocenters. The van der Waals surface area contributed by atoms with Gasteiger partial charge in [0.05, 0.1) is 5.92 Å². The fourth-order valence-electron chi connectivity index (χ4n) is 4.38. The maximum Gasteiger partial charge on any atom is 0.300 e. The van der Waals surface area contributed by atoms with Gasteiger partial charge in [-0.05, 0) is 50.1 Å². The van der Waals surface area contributed by atoms with E-state index >= 15 is 0 Å². The molecule has 2 aliphatic rings. The molecule has 28 heavy (non-hydrogen) atoms. The Hall–Kier alpha value is -2.60. The molecule has 0 fully saturated rings. The van der Waals surface area contributed by atoms with E-state index in [1.807, 2.05) is 4.90 Å². The minimum Gasteiger partial charge on any atom is -0.481 e. The van der Waals surface area contributed by atoms with Gasteiger partial charge in [0, 0.05) is 49.7 Å². The largest absolute Gasteiger partial charge is 0.481 e. The van der Waals surface area contributed by atoms with Crippen LogP contribution in [0.1, 0.15) is 31.9 Å². The number of nitrogens with zero attached hydrogens (tertiary/aromatic N) is 2. The van der Waals surface area contributed by atoms with Crippen LogP contribution in [-0.4, -0.2) is 64.5 Å². The first kappa shape index (κ1) is 20.1. The first-order valence-corrected chi connectivity index (χ1v) is 9.86. The van der Waals surface area contributed by atoms with Gasteiger partial charge in [-0.25, -0.2) is 0 Å². The van der Waals surface area contributed by atoms with E-state index in [2.05, 4.69) is 61.3 Å². The molecular formula is C22H29N3O3. The van der Waals surface area contributed by atoms with Gasteiger partial charge in [0.1, 0.15) is 0 Å². The molecule has 1 aliphatic carbocycles. The number of carboxylic acid groups (broad SMARTS) is 1. The minimum atomic E-state index is -0.833. The second-order valence-corrected chi connectivity index (χ2v) is 7.46. The summed E-state index contributed by atoms with van der Waals surface area (Å²) in [5.41, 5.74) is 5.21. The molecule has 0 unspecified atom stereocenters. The standard InChI is InChI=1S/C20H25N3O.C2H4O2/c1-4-23(5-2)20(24)14-9-16-15-7-6-8-17-19(15)13(11-21-17)10-18(16)22(3)12-14;1-2(3)4/h6-9,11,14,18,21H,4-5,10,12H2,1-3H3;1H3,(H,3,4)/t14-,18-;/m1./s1. The van der Waals surface area contributed by atoms with Gasteiger partial charge < -0.3 is 15.0 Å². The summed E-state index contributed by atoms with van der Waals surface area (Å²) in [4.78, 5) is 29.6. The Bertz CT molecular complexity index is 907. The van der Waals surface area contributed by atoms with Crippen LogP contribution in [0, 0.1) is 5.92 Å². The van der Waals surface area contributed by atoms with Crippen LogP contribution in [0.4, 0.5) is 0 Å². The number of amides is 1. The monoisotopic (exact) mass is 383 g/mol. The van der Waals surface area contributed by atoms with E-state index in [1.165, 1.54) is 27.6 Å². The van der Waals surface area contributed by atoms with Crippen molar-refractivity contribution in [2.75, 3.05) is 26.7 Å². The van der Waals surface area contributed by atoms with Crippen molar-refractivity contribution in [3.63, 3.8) is 0 Å². The molecule has 2 heterocycles. The molecule has 4 rings (SSSR count).